The maximum absolute atomic E-state index is 11.3. The van der Waals surface area contributed by atoms with Gasteiger partial charge in [-0.05, 0) is 28.9 Å². The van der Waals surface area contributed by atoms with Gasteiger partial charge in [-0.25, -0.2) is 9.78 Å². The number of ether oxygens (including phenoxy) is 1. The molecule has 0 aliphatic heterocycles. The molecule has 14 heavy (non-hydrogen) atoms. The molecular formula is C9H8BrNO3. The lowest BCUT2D eigenvalue weighted by Gasteiger charge is -2.03. The largest absolute Gasteiger partial charge is 0.462 e. The van der Waals surface area contributed by atoms with Crippen molar-refractivity contribution in [3.63, 3.8) is 0 Å². The smallest absolute Gasteiger partial charge is 0.340 e. The van der Waals surface area contributed by atoms with Gasteiger partial charge in [-0.2, -0.15) is 0 Å². The molecular weight excluding hydrogens is 250 g/mol. The fourth-order valence-electron chi connectivity index (χ4n) is 0.881. The summed E-state index contributed by atoms with van der Waals surface area (Å²) in [5.74, 6) is -0.490. The Morgan fingerprint density at radius 1 is 1.71 bits per heavy atom. The number of aldehydes is 1. The quantitative estimate of drug-likeness (QED) is 0.471. The topological polar surface area (TPSA) is 56.3 Å². The lowest BCUT2D eigenvalue weighted by molar-refractivity contribution is 0.0524. The van der Waals surface area contributed by atoms with E-state index in [0.29, 0.717) is 16.5 Å². The third-order valence-corrected chi connectivity index (χ3v) is 2.12. The van der Waals surface area contributed by atoms with Gasteiger partial charge in [0.15, 0.2) is 6.29 Å². The van der Waals surface area contributed by atoms with Gasteiger partial charge in [-0.1, -0.05) is 0 Å². The van der Waals surface area contributed by atoms with Crippen LogP contribution in [-0.2, 0) is 4.74 Å². The van der Waals surface area contributed by atoms with E-state index in [1.807, 2.05) is 0 Å². The first-order chi connectivity index (χ1) is 6.69. The molecule has 0 saturated heterocycles. The summed E-state index contributed by atoms with van der Waals surface area (Å²) in [4.78, 5) is 25.6. The van der Waals surface area contributed by atoms with E-state index in [0.717, 1.165) is 0 Å². The van der Waals surface area contributed by atoms with Crippen LogP contribution in [0.5, 0.6) is 0 Å². The Morgan fingerprint density at radius 2 is 2.43 bits per heavy atom. The zero-order valence-corrected chi connectivity index (χ0v) is 9.08. The SMILES string of the molecule is CCOC(=O)c1cc(C=O)cnc1Br. The maximum atomic E-state index is 11.3. The average Bonchev–Trinajstić information content (AvgIpc) is 2.19. The van der Waals surface area contributed by atoms with Crippen LogP contribution in [-0.4, -0.2) is 23.8 Å². The minimum Gasteiger partial charge on any atom is -0.462 e. The van der Waals surface area contributed by atoms with Gasteiger partial charge in [-0.15, -0.1) is 0 Å². The molecule has 0 aromatic carbocycles. The predicted molar refractivity (Wildman–Crippen MR) is 53.3 cm³/mol. The second-order valence-electron chi connectivity index (χ2n) is 2.45. The van der Waals surface area contributed by atoms with Crippen LogP contribution in [0.2, 0.25) is 0 Å². The van der Waals surface area contributed by atoms with Crippen molar-refractivity contribution < 1.29 is 14.3 Å². The Balaban J connectivity index is 3.05. The van der Waals surface area contributed by atoms with Crippen LogP contribution in [0.25, 0.3) is 0 Å². The monoisotopic (exact) mass is 257 g/mol. The summed E-state index contributed by atoms with van der Waals surface area (Å²) in [5.41, 5.74) is 0.604. The summed E-state index contributed by atoms with van der Waals surface area (Å²) in [6.07, 6.45) is 2.00. The Hall–Kier alpha value is -1.23. The molecule has 5 heteroatoms. The normalized spacial score (nSPS) is 9.57. The minimum absolute atomic E-state index is 0.261. The Labute approximate surface area is 89.4 Å². The van der Waals surface area contributed by atoms with Gasteiger partial charge in [-0.3, -0.25) is 4.79 Å². The van der Waals surface area contributed by atoms with Crippen LogP contribution >= 0.6 is 15.9 Å². The molecule has 0 amide bonds. The van der Waals surface area contributed by atoms with Crippen molar-refractivity contribution in [2.45, 2.75) is 6.92 Å². The van der Waals surface area contributed by atoms with Crippen LogP contribution in [0.4, 0.5) is 0 Å². The molecule has 1 aromatic heterocycles. The number of carbonyl (C=O) groups is 2. The first kappa shape index (κ1) is 10.8. The highest BCUT2D eigenvalue weighted by Crippen LogP contribution is 2.15. The van der Waals surface area contributed by atoms with Gasteiger partial charge in [0.1, 0.15) is 4.60 Å². The zero-order valence-electron chi connectivity index (χ0n) is 7.49. The number of halogens is 1. The van der Waals surface area contributed by atoms with Gasteiger partial charge in [0.05, 0.1) is 12.2 Å². The molecule has 0 unspecified atom stereocenters. The van der Waals surface area contributed by atoms with Crippen LogP contribution in [0, 0.1) is 0 Å². The molecule has 0 fully saturated rings. The third-order valence-electron chi connectivity index (χ3n) is 1.49. The minimum atomic E-state index is -0.490. The van der Waals surface area contributed by atoms with E-state index in [1.165, 1.54) is 12.3 Å². The van der Waals surface area contributed by atoms with Crippen LogP contribution in [0.1, 0.15) is 27.6 Å². The first-order valence-corrected chi connectivity index (χ1v) is 4.76. The van der Waals surface area contributed by atoms with Crippen molar-refractivity contribution in [2.24, 2.45) is 0 Å². The lowest BCUT2D eigenvalue weighted by Crippen LogP contribution is -2.07. The van der Waals surface area contributed by atoms with E-state index in [2.05, 4.69) is 20.9 Å². The summed E-state index contributed by atoms with van der Waals surface area (Å²) >= 11 is 3.10. The lowest BCUT2D eigenvalue weighted by atomic mass is 10.2. The summed E-state index contributed by atoms with van der Waals surface area (Å²) in [5, 5.41) is 0. The fraction of sp³-hybridized carbons (Fsp3) is 0.222. The molecule has 1 heterocycles. The Morgan fingerprint density at radius 3 is 3.00 bits per heavy atom. The molecule has 0 saturated carbocycles. The molecule has 0 spiro atoms. The van der Waals surface area contributed by atoms with Crippen LogP contribution in [0.3, 0.4) is 0 Å². The highest BCUT2D eigenvalue weighted by atomic mass is 79.9. The molecule has 0 bridgehead atoms. The van der Waals surface area contributed by atoms with E-state index >= 15 is 0 Å². The molecule has 1 aromatic rings. The third kappa shape index (κ3) is 2.38. The molecule has 0 atom stereocenters. The van der Waals surface area contributed by atoms with Crippen molar-refractivity contribution >= 4 is 28.2 Å². The summed E-state index contributed by atoms with van der Waals surface area (Å²) in [6, 6.07) is 1.43. The number of hydrogen-bond acceptors (Lipinski definition) is 4. The van der Waals surface area contributed by atoms with E-state index in [4.69, 9.17) is 4.74 Å². The van der Waals surface area contributed by atoms with Gasteiger partial charge in [0.25, 0.3) is 0 Å². The number of nitrogens with zero attached hydrogens (tertiary/aromatic N) is 1. The molecule has 0 N–H and O–H groups in total. The highest BCUT2D eigenvalue weighted by molar-refractivity contribution is 9.10. The summed E-state index contributed by atoms with van der Waals surface area (Å²) in [7, 11) is 0. The maximum Gasteiger partial charge on any atom is 0.340 e. The highest BCUT2D eigenvalue weighted by Gasteiger charge is 2.12. The van der Waals surface area contributed by atoms with E-state index < -0.39 is 5.97 Å². The van der Waals surface area contributed by atoms with Crippen LogP contribution < -0.4 is 0 Å². The van der Waals surface area contributed by atoms with Gasteiger partial charge >= 0.3 is 5.97 Å². The molecule has 0 aliphatic carbocycles. The fourth-order valence-corrected chi connectivity index (χ4v) is 1.26. The zero-order chi connectivity index (χ0) is 10.6. The van der Waals surface area contributed by atoms with Crippen LogP contribution in [0.15, 0.2) is 16.9 Å². The van der Waals surface area contributed by atoms with Crippen molar-refractivity contribution in [1.82, 2.24) is 4.98 Å². The summed E-state index contributed by atoms with van der Waals surface area (Å²) in [6.45, 7) is 2.00. The van der Waals surface area contributed by atoms with Gasteiger partial charge in [0.2, 0.25) is 0 Å². The first-order valence-electron chi connectivity index (χ1n) is 3.97. The molecule has 74 valence electrons. The van der Waals surface area contributed by atoms with Gasteiger partial charge < -0.3 is 4.74 Å². The Kier molecular flexibility index (Phi) is 3.76. The number of pyridine rings is 1. The molecule has 0 aliphatic rings. The van der Waals surface area contributed by atoms with Gasteiger partial charge in [0, 0.05) is 11.8 Å². The van der Waals surface area contributed by atoms with E-state index in [1.54, 1.807) is 6.92 Å². The summed E-state index contributed by atoms with van der Waals surface area (Å²) < 4.78 is 5.16. The van der Waals surface area contributed by atoms with E-state index in [9.17, 15) is 9.59 Å². The van der Waals surface area contributed by atoms with Crippen molar-refractivity contribution in [3.05, 3.63) is 28.0 Å². The standard InChI is InChI=1S/C9H8BrNO3/c1-2-14-9(13)7-3-6(5-12)4-11-8(7)10/h3-5H,2H2,1H3. The van der Waals surface area contributed by atoms with Crippen molar-refractivity contribution in [2.75, 3.05) is 6.61 Å². The number of esters is 1. The number of aromatic nitrogens is 1. The van der Waals surface area contributed by atoms with Crippen molar-refractivity contribution in [1.29, 1.82) is 0 Å². The number of rotatable bonds is 3. The molecule has 4 nitrogen and oxygen atoms in total. The molecule has 1 rings (SSSR count). The predicted octanol–water partition coefficient (Wildman–Crippen LogP) is 1.83. The Bertz CT molecular complexity index is 365. The number of hydrogen-bond donors (Lipinski definition) is 0. The van der Waals surface area contributed by atoms with Crippen molar-refractivity contribution in [3.8, 4) is 0 Å². The number of carbonyl (C=O) groups excluding carboxylic acids is 2. The second kappa shape index (κ2) is 4.85. The second-order valence-corrected chi connectivity index (χ2v) is 3.20. The van der Waals surface area contributed by atoms with E-state index in [-0.39, 0.29) is 12.2 Å². The average molecular weight is 258 g/mol. The molecule has 0 radical (unpaired) electrons.